The Morgan fingerprint density at radius 1 is 1.32 bits per heavy atom. The lowest BCUT2D eigenvalue weighted by Gasteiger charge is -2.08. The van der Waals surface area contributed by atoms with Crippen molar-refractivity contribution in [3.8, 4) is 0 Å². The van der Waals surface area contributed by atoms with E-state index < -0.39 is 11.5 Å². The van der Waals surface area contributed by atoms with E-state index in [4.69, 9.17) is 5.11 Å². The van der Waals surface area contributed by atoms with Gasteiger partial charge in [0.15, 0.2) is 0 Å². The molecule has 0 unspecified atom stereocenters. The molecule has 0 aliphatic carbocycles. The Morgan fingerprint density at radius 3 is 2.68 bits per heavy atom. The van der Waals surface area contributed by atoms with Crippen molar-refractivity contribution < 1.29 is 23.1 Å². The van der Waals surface area contributed by atoms with E-state index >= 15 is 0 Å². The van der Waals surface area contributed by atoms with E-state index in [9.17, 15) is 18.0 Å². The number of benzene rings is 1. The molecule has 0 saturated carbocycles. The Hall–Kier alpha value is -1.63. The molecule has 0 atom stereocenters. The number of hydrogen-bond donors (Lipinski definition) is 1. The third kappa shape index (κ3) is 3.44. The molecule has 3 nitrogen and oxygen atoms in total. The highest BCUT2D eigenvalue weighted by Gasteiger charge is 2.27. The van der Waals surface area contributed by atoms with Crippen LogP contribution in [0.3, 0.4) is 0 Å². The van der Waals surface area contributed by atoms with Crippen LogP contribution in [0.15, 0.2) is 30.5 Å². The zero-order valence-corrected chi connectivity index (χ0v) is 10.5. The number of fused-ring (bicyclic) bond motifs is 1. The summed E-state index contributed by atoms with van der Waals surface area (Å²) in [5, 5.41) is 9.70. The molecule has 0 amide bonds. The molecular weight excluding hydrogens is 279 g/mol. The molecule has 0 aliphatic rings. The number of rotatable bonds is 4. The van der Waals surface area contributed by atoms with Gasteiger partial charge < -0.3 is 9.67 Å². The van der Waals surface area contributed by atoms with Crippen LogP contribution in [0.1, 0.15) is 10.4 Å². The lowest BCUT2D eigenvalue weighted by Crippen LogP contribution is -2.06. The number of carboxylic acid groups (broad SMARTS) is 1. The number of hydrogen-bond acceptors (Lipinski definition) is 2. The lowest BCUT2D eigenvalue weighted by molar-refractivity contribution is -0.0328. The van der Waals surface area contributed by atoms with Crippen molar-refractivity contribution in [2.24, 2.45) is 0 Å². The van der Waals surface area contributed by atoms with Crippen LogP contribution >= 0.6 is 11.8 Å². The van der Waals surface area contributed by atoms with Gasteiger partial charge in [0, 0.05) is 24.0 Å². The fourth-order valence-electron chi connectivity index (χ4n) is 1.77. The number of alkyl halides is 3. The average Bonchev–Trinajstić information content (AvgIpc) is 2.70. The minimum atomic E-state index is -4.24. The number of nitrogens with zero attached hydrogens (tertiary/aromatic N) is 1. The Bertz CT molecular complexity index is 607. The zero-order chi connectivity index (χ0) is 14.0. The fraction of sp³-hybridized carbons (Fsp3) is 0.250. The molecule has 0 radical (unpaired) electrons. The molecule has 1 heterocycles. The van der Waals surface area contributed by atoms with Gasteiger partial charge in [0.1, 0.15) is 0 Å². The summed E-state index contributed by atoms with van der Waals surface area (Å²) in [4.78, 5) is 10.9. The van der Waals surface area contributed by atoms with Crippen LogP contribution in [0, 0.1) is 0 Å². The number of aromatic carboxylic acids is 1. The van der Waals surface area contributed by atoms with E-state index in [1.54, 1.807) is 22.9 Å². The summed E-state index contributed by atoms with van der Waals surface area (Å²) >= 11 is -0.0863. The van der Waals surface area contributed by atoms with Crippen LogP contribution < -0.4 is 0 Å². The Balaban J connectivity index is 2.19. The predicted molar refractivity (Wildman–Crippen MR) is 67.4 cm³/mol. The molecule has 0 saturated heterocycles. The van der Waals surface area contributed by atoms with Gasteiger partial charge in [0.05, 0.1) is 5.56 Å². The maximum Gasteiger partial charge on any atom is 0.441 e. The first-order valence-corrected chi connectivity index (χ1v) is 6.38. The van der Waals surface area contributed by atoms with Gasteiger partial charge >= 0.3 is 11.5 Å². The number of carbonyl (C=O) groups is 1. The molecule has 19 heavy (non-hydrogen) atoms. The number of aryl methyl sites for hydroxylation is 1. The Labute approximate surface area is 111 Å². The largest absolute Gasteiger partial charge is 0.478 e. The first-order chi connectivity index (χ1) is 8.87. The minimum absolute atomic E-state index is 0.0863. The standard InChI is InChI=1S/C12H10F3NO2S/c13-12(14,15)19-6-5-16-4-3-8-1-2-9(11(17)18)7-10(8)16/h1-4,7H,5-6H2,(H,17,18). The van der Waals surface area contributed by atoms with Crippen LogP contribution in [-0.4, -0.2) is 26.9 Å². The summed E-state index contributed by atoms with van der Waals surface area (Å²) in [6.45, 7) is 0.177. The number of carboxylic acids is 1. The van der Waals surface area contributed by atoms with Gasteiger partial charge in [-0.05, 0) is 35.3 Å². The molecular formula is C12H10F3NO2S. The van der Waals surface area contributed by atoms with Crippen molar-refractivity contribution in [1.29, 1.82) is 0 Å². The molecule has 1 N–H and O–H groups in total. The maximum absolute atomic E-state index is 12.0. The molecule has 0 aliphatic heterocycles. The zero-order valence-electron chi connectivity index (χ0n) is 9.65. The van der Waals surface area contributed by atoms with E-state index in [-0.39, 0.29) is 29.6 Å². The Morgan fingerprint density at radius 2 is 2.05 bits per heavy atom. The second-order valence-corrected chi connectivity index (χ2v) is 5.04. The molecule has 0 bridgehead atoms. The van der Waals surface area contributed by atoms with Crippen LogP contribution in [0.25, 0.3) is 10.9 Å². The summed E-state index contributed by atoms with van der Waals surface area (Å²) in [5.74, 6) is -1.16. The van der Waals surface area contributed by atoms with Crippen molar-refractivity contribution in [2.75, 3.05) is 5.75 Å². The number of aromatic nitrogens is 1. The molecule has 0 spiro atoms. The van der Waals surface area contributed by atoms with E-state index in [1.165, 1.54) is 12.1 Å². The summed E-state index contributed by atoms with van der Waals surface area (Å²) in [5.41, 5.74) is -3.49. The molecule has 102 valence electrons. The third-order valence-corrected chi connectivity index (χ3v) is 3.33. The second kappa shape index (κ2) is 5.16. The smallest absolute Gasteiger partial charge is 0.441 e. The van der Waals surface area contributed by atoms with Crippen molar-refractivity contribution in [3.05, 3.63) is 36.0 Å². The van der Waals surface area contributed by atoms with Crippen molar-refractivity contribution in [3.63, 3.8) is 0 Å². The van der Waals surface area contributed by atoms with Crippen LogP contribution in [0.5, 0.6) is 0 Å². The van der Waals surface area contributed by atoms with Crippen molar-refractivity contribution in [1.82, 2.24) is 4.57 Å². The van der Waals surface area contributed by atoms with Crippen molar-refractivity contribution in [2.45, 2.75) is 12.1 Å². The maximum atomic E-state index is 12.0. The highest BCUT2D eigenvalue weighted by Crippen LogP contribution is 2.30. The molecule has 2 aromatic rings. The van der Waals surface area contributed by atoms with Gasteiger partial charge in [0.25, 0.3) is 0 Å². The number of halogens is 3. The van der Waals surface area contributed by atoms with Crippen LogP contribution in [-0.2, 0) is 6.54 Å². The van der Waals surface area contributed by atoms with Gasteiger partial charge in [0.2, 0.25) is 0 Å². The van der Waals surface area contributed by atoms with Crippen LogP contribution in [0.2, 0.25) is 0 Å². The highest BCUT2D eigenvalue weighted by molar-refractivity contribution is 8.00. The highest BCUT2D eigenvalue weighted by atomic mass is 32.2. The lowest BCUT2D eigenvalue weighted by atomic mass is 10.2. The predicted octanol–water partition coefficient (Wildman–Crippen LogP) is 3.59. The normalized spacial score (nSPS) is 11.9. The molecule has 2 rings (SSSR count). The monoisotopic (exact) mass is 289 g/mol. The van der Waals surface area contributed by atoms with E-state index in [0.29, 0.717) is 5.52 Å². The second-order valence-electron chi connectivity index (χ2n) is 3.88. The first-order valence-electron chi connectivity index (χ1n) is 5.40. The van der Waals surface area contributed by atoms with E-state index in [2.05, 4.69) is 0 Å². The molecule has 1 aromatic carbocycles. The summed E-state index contributed by atoms with van der Waals surface area (Å²) in [6, 6.07) is 6.33. The molecule has 7 heteroatoms. The minimum Gasteiger partial charge on any atom is -0.478 e. The summed E-state index contributed by atoms with van der Waals surface area (Å²) in [6.07, 6.45) is 1.66. The summed E-state index contributed by atoms with van der Waals surface area (Å²) in [7, 11) is 0. The van der Waals surface area contributed by atoms with E-state index in [0.717, 1.165) is 5.39 Å². The van der Waals surface area contributed by atoms with Gasteiger partial charge in [-0.15, -0.1) is 0 Å². The fourth-order valence-corrected chi connectivity index (χ4v) is 2.29. The van der Waals surface area contributed by atoms with Gasteiger partial charge in [-0.3, -0.25) is 0 Å². The third-order valence-electron chi connectivity index (χ3n) is 2.62. The quantitative estimate of drug-likeness (QED) is 0.935. The van der Waals surface area contributed by atoms with Gasteiger partial charge in [-0.25, -0.2) is 4.79 Å². The van der Waals surface area contributed by atoms with Gasteiger partial charge in [-0.2, -0.15) is 13.2 Å². The number of thioether (sulfide) groups is 1. The van der Waals surface area contributed by atoms with Crippen LogP contribution in [0.4, 0.5) is 13.2 Å². The molecule has 1 aromatic heterocycles. The van der Waals surface area contributed by atoms with Crippen molar-refractivity contribution >= 4 is 28.6 Å². The first kappa shape index (κ1) is 13.8. The SMILES string of the molecule is O=C(O)c1ccc2ccn(CCSC(F)(F)F)c2c1. The van der Waals surface area contributed by atoms with Gasteiger partial charge in [-0.1, -0.05) is 6.07 Å². The molecule has 0 fully saturated rings. The average molecular weight is 289 g/mol. The summed E-state index contributed by atoms with van der Waals surface area (Å²) < 4.78 is 37.8. The topological polar surface area (TPSA) is 42.2 Å². The van der Waals surface area contributed by atoms with E-state index in [1.807, 2.05) is 0 Å². The Kier molecular flexibility index (Phi) is 3.75.